The molecular formula is C32H28O4. The average Bonchev–Trinajstić information content (AvgIpc) is 3.62. The summed E-state index contributed by atoms with van der Waals surface area (Å²) in [4.78, 5) is 26.6. The number of ether oxygens (including phenoxy) is 2. The summed E-state index contributed by atoms with van der Waals surface area (Å²) in [5.74, 6) is 1.28. The first-order valence-corrected chi connectivity index (χ1v) is 13.0. The molecule has 4 aromatic carbocycles. The van der Waals surface area contributed by atoms with E-state index < -0.39 is 12.2 Å². The highest BCUT2D eigenvalue weighted by molar-refractivity contribution is 5.96. The predicted molar refractivity (Wildman–Crippen MR) is 139 cm³/mol. The predicted octanol–water partition coefficient (Wildman–Crippen LogP) is 6.81. The Balaban J connectivity index is 1.15. The third-order valence-corrected chi connectivity index (χ3v) is 8.88. The standard InChI is InChI=1S/C32H28O4/c33-31(25-13-9-19-5-1-3-7-21(19)15-25)35-28-18-27-23-11-12-24(17-23)29(27)30(28)36-32(34)26-14-10-20-6-2-4-8-22(20)16-26/h1-10,13-16,23-24,27-30H,11-12,17-18H2. The average molecular weight is 477 g/mol. The first-order chi connectivity index (χ1) is 17.6. The van der Waals surface area contributed by atoms with Gasteiger partial charge in [-0.15, -0.1) is 0 Å². The first kappa shape index (κ1) is 21.6. The molecule has 4 aromatic rings. The number of hydrogen-bond acceptors (Lipinski definition) is 4. The van der Waals surface area contributed by atoms with Gasteiger partial charge in [0.15, 0.2) is 0 Å². The van der Waals surface area contributed by atoms with Crippen LogP contribution >= 0.6 is 0 Å². The van der Waals surface area contributed by atoms with Gasteiger partial charge in [0.2, 0.25) is 0 Å². The molecule has 3 saturated carbocycles. The largest absolute Gasteiger partial charge is 0.455 e. The molecule has 3 fully saturated rings. The van der Waals surface area contributed by atoms with Gasteiger partial charge in [-0.25, -0.2) is 9.59 Å². The van der Waals surface area contributed by atoms with Crippen molar-refractivity contribution in [2.75, 3.05) is 0 Å². The van der Waals surface area contributed by atoms with Crippen molar-refractivity contribution in [2.45, 2.75) is 37.9 Å². The van der Waals surface area contributed by atoms with E-state index in [1.165, 1.54) is 19.3 Å². The van der Waals surface area contributed by atoms with Crippen LogP contribution in [0, 0.1) is 23.7 Å². The van der Waals surface area contributed by atoms with Crippen LogP contribution in [-0.4, -0.2) is 24.1 Å². The molecule has 0 amide bonds. The van der Waals surface area contributed by atoms with Crippen LogP contribution in [0.3, 0.4) is 0 Å². The van der Waals surface area contributed by atoms with Crippen LogP contribution in [-0.2, 0) is 9.47 Å². The van der Waals surface area contributed by atoms with Crippen molar-refractivity contribution in [2.24, 2.45) is 23.7 Å². The first-order valence-electron chi connectivity index (χ1n) is 13.0. The number of esters is 2. The molecule has 180 valence electrons. The minimum atomic E-state index is -0.410. The molecule has 0 spiro atoms. The second-order valence-corrected chi connectivity index (χ2v) is 10.7. The van der Waals surface area contributed by atoms with Crippen molar-refractivity contribution in [1.29, 1.82) is 0 Å². The van der Waals surface area contributed by atoms with Crippen LogP contribution in [0.25, 0.3) is 21.5 Å². The number of fused-ring (bicyclic) bond motifs is 7. The topological polar surface area (TPSA) is 52.6 Å². The second kappa shape index (κ2) is 8.48. The van der Waals surface area contributed by atoms with Crippen LogP contribution in [0.2, 0.25) is 0 Å². The lowest BCUT2D eigenvalue weighted by atomic mass is 9.81. The lowest BCUT2D eigenvalue weighted by Crippen LogP contribution is -2.37. The Morgan fingerprint density at radius 2 is 1.17 bits per heavy atom. The van der Waals surface area contributed by atoms with E-state index in [0.717, 1.165) is 28.0 Å². The molecule has 0 N–H and O–H groups in total. The maximum Gasteiger partial charge on any atom is 0.338 e. The number of benzene rings is 4. The molecule has 0 aliphatic heterocycles. The van der Waals surface area contributed by atoms with Crippen LogP contribution in [0.1, 0.15) is 46.4 Å². The van der Waals surface area contributed by atoms with Gasteiger partial charge in [0.1, 0.15) is 12.2 Å². The van der Waals surface area contributed by atoms with Crippen molar-refractivity contribution in [3.8, 4) is 0 Å². The normalized spacial score (nSPS) is 28.3. The zero-order valence-electron chi connectivity index (χ0n) is 20.0. The van der Waals surface area contributed by atoms with Crippen molar-refractivity contribution in [1.82, 2.24) is 0 Å². The SMILES string of the molecule is O=C(OC1CC2C3CCC(C3)C2C1OC(=O)c1ccc2ccccc2c1)c1ccc2ccccc2c1. The fraction of sp³-hybridized carbons (Fsp3) is 0.312. The van der Waals surface area contributed by atoms with Gasteiger partial charge in [-0.2, -0.15) is 0 Å². The zero-order valence-corrected chi connectivity index (χ0v) is 20.0. The Hall–Kier alpha value is -3.66. The lowest BCUT2D eigenvalue weighted by molar-refractivity contribution is -0.0416. The second-order valence-electron chi connectivity index (χ2n) is 10.7. The lowest BCUT2D eigenvalue weighted by Gasteiger charge is -2.29. The van der Waals surface area contributed by atoms with Gasteiger partial charge in [-0.3, -0.25) is 0 Å². The Labute approximate surface area is 210 Å². The maximum atomic E-state index is 13.3. The highest BCUT2D eigenvalue weighted by Crippen LogP contribution is 2.60. The summed E-state index contributed by atoms with van der Waals surface area (Å²) in [5, 5.41) is 4.19. The Bertz CT molecular complexity index is 1490. The molecule has 0 saturated heterocycles. The molecule has 6 unspecified atom stereocenters. The minimum absolute atomic E-state index is 0.280. The summed E-state index contributed by atoms with van der Waals surface area (Å²) in [5.41, 5.74) is 1.08. The molecule has 0 radical (unpaired) electrons. The molecule has 2 bridgehead atoms. The molecular weight excluding hydrogens is 448 g/mol. The highest BCUT2D eigenvalue weighted by atomic mass is 16.6. The molecule has 36 heavy (non-hydrogen) atoms. The molecule has 3 aliphatic rings. The third-order valence-electron chi connectivity index (χ3n) is 8.88. The minimum Gasteiger partial charge on any atom is -0.455 e. The molecule has 3 aliphatic carbocycles. The Kier molecular flexibility index (Phi) is 5.09. The van der Waals surface area contributed by atoms with Crippen molar-refractivity contribution in [3.63, 3.8) is 0 Å². The van der Waals surface area contributed by atoms with Crippen molar-refractivity contribution in [3.05, 3.63) is 96.1 Å². The van der Waals surface area contributed by atoms with Gasteiger partial charge in [-0.1, -0.05) is 60.7 Å². The zero-order chi connectivity index (χ0) is 24.2. The summed E-state index contributed by atoms with van der Waals surface area (Å²) < 4.78 is 12.3. The molecule has 0 aromatic heterocycles. The molecule has 7 rings (SSSR count). The Morgan fingerprint density at radius 1 is 0.611 bits per heavy atom. The van der Waals surface area contributed by atoms with Gasteiger partial charge in [0, 0.05) is 5.92 Å². The van der Waals surface area contributed by atoms with Gasteiger partial charge in [0.05, 0.1) is 11.1 Å². The van der Waals surface area contributed by atoms with Gasteiger partial charge in [0.25, 0.3) is 0 Å². The van der Waals surface area contributed by atoms with Crippen LogP contribution < -0.4 is 0 Å². The van der Waals surface area contributed by atoms with Gasteiger partial charge in [-0.05, 0) is 89.2 Å². The third kappa shape index (κ3) is 3.59. The van der Waals surface area contributed by atoms with Crippen LogP contribution in [0.4, 0.5) is 0 Å². The summed E-state index contributed by atoms with van der Waals surface area (Å²) in [6.45, 7) is 0. The smallest absolute Gasteiger partial charge is 0.338 e. The van der Waals surface area contributed by atoms with Gasteiger partial charge >= 0.3 is 11.9 Å². The van der Waals surface area contributed by atoms with Crippen molar-refractivity contribution >= 4 is 33.5 Å². The van der Waals surface area contributed by atoms with Crippen LogP contribution in [0.15, 0.2) is 84.9 Å². The monoisotopic (exact) mass is 476 g/mol. The van der Waals surface area contributed by atoms with E-state index in [-0.39, 0.29) is 17.9 Å². The molecule has 0 heterocycles. The molecule has 6 atom stereocenters. The van der Waals surface area contributed by atoms with E-state index in [0.29, 0.717) is 28.9 Å². The van der Waals surface area contributed by atoms with Crippen molar-refractivity contribution < 1.29 is 19.1 Å². The highest BCUT2D eigenvalue weighted by Gasteiger charge is 2.59. The Morgan fingerprint density at radius 3 is 1.81 bits per heavy atom. The summed E-state index contributed by atoms with van der Waals surface area (Å²) in [7, 11) is 0. The number of rotatable bonds is 4. The quantitative estimate of drug-likeness (QED) is 0.304. The van der Waals surface area contributed by atoms with Gasteiger partial charge < -0.3 is 9.47 Å². The van der Waals surface area contributed by atoms with E-state index in [9.17, 15) is 9.59 Å². The van der Waals surface area contributed by atoms with E-state index in [1.807, 2.05) is 84.9 Å². The maximum absolute atomic E-state index is 13.3. The van der Waals surface area contributed by atoms with E-state index in [1.54, 1.807) is 0 Å². The van der Waals surface area contributed by atoms with Crippen LogP contribution in [0.5, 0.6) is 0 Å². The number of carbonyl (C=O) groups excluding carboxylic acids is 2. The number of hydrogen-bond donors (Lipinski definition) is 0. The molecule has 4 nitrogen and oxygen atoms in total. The van der Waals surface area contributed by atoms with E-state index in [4.69, 9.17) is 9.47 Å². The fourth-order valence-electron chi connectivity index (χ4n) is 7.27. The van der Waals surface area contributed by atoms with E-state index in [2.05, 4.69) is 0 Å². The number of carbonyl (C=O) groups is 2. The summed E-state index contributed by atoms with van der Waals surface area (Å²) in [6, 6.07) is 27.3. The summed E-state index contributed by atoms with van der Waals surface area (Å²) >= 11 is 0. The van der Waals surface area contributed by atoms with E-state index >= 15 is 0 Å². The summed E-state index contributed by atoms with van der Waals surface area (Å²) in [6.07, 6.45) is 3.61. The fourth-order valence-corrected chi connectivity index (χ4v) is 7.27. The molecule has 4 heteroatoms.